The van der Waals surface area contributed by atoms with E-state index >= 15 is 0 Å². The van der Waals surface area contributed by atoms with Gasteiger partial charge < -0.3 is 14.9 Å². The minimum absolute atomic E-state index is 0.0455. The Kier molecular flexibility index (Phi) is 6.29. The van der Waals surface area contributed by atoms with Crippen molar-refractivity contribution in [2.75, 3.05) is 40.7 Å². The zero-order chi connectivity index (χ0) is 23.6. The van der Waals surface area contributed by atoms with Crippen molar-refractivity contribution in [3.8, 4) is 0 Å². The van der Waals surface area contributed by atoms with E-state index in [1.54, 1.807) is 30.3 Å². The molecule has 0 aliphatic carbocycles. The zero-order valence-corrected chi connectivity index (χ0v) is 19.5. The fraction of sp³-hybridized carbons (Fsp3) is 0.240. The first kappa shape index (κ1) is 22.7. The third-order valence-electron chi connectivity index (χ3n) is 6.09. The Morgan fingerprint density at radius 3 is 2.21 bits per heavy atom. The molecular formula is C25H27N3O4S. The molecule has 33 heavy (non-hydrogen) atoms. The number of aromatic carboxylic acids is 1. The summed E-state index contributed by atoms with van der Waals surface area (Å²) in [6.07, 6.45) is 0. The van der Waals surface area contributed by atoms with E-state index in [9.17, 15) is 18.3 Å². The summed E-state index contributed by atoms with van der Waals surface area (Å²) in [6, 6.07) is 19.0. The van der Waals surface area contributed by atoms with E-state index in [-0.39, 0.29) is 16.1 Å². The Hall–Kier alpha value is -3.52. The summed E-state index contributed by atoms with van der Waals surface area (Å²) in [5.41, 5.74) is 4.49. The summed E-state index contributed by atoms with van der Waals surface area (Å²) < 4.78 is 27.7. The standard InChI is InChI=1S/C25H27N3O4S/c1-18-7-6-10-24(19(18)2)28-15-13-27(14-16-28)20-11-12-23(22(17-20)25(29)30)26-33(31,32)21-8-4-3-5-9-21/h3-12,17,26H,13-16H2,1-2H3,(H,29,30). The molecular weight excluding hydrogens is 438 g/mol. The molecule has 172 valence electrons. The Morgan fingerprint density at radius 2 is 1.55 bits per heavy atom. The number of carbonyl (C=O) groups is 1. The number of rotatable bonds is 6. The van der Waals surface area contributed by atoms with Crippen molar-refractivity contribution < 1.29 is 18.3 Å². The number of aryl methyl sites for hydroxylation is 1. The Labute approximate surface area is 194 Å². The summed E-state index contributed by atoms with van der Waals surface area (Å²) in [5, 5.41) is 9.74. The summed E-state index contributed by atoms with van der Waals surface area (Å²) in [7, 11) is -3.89. The lowest BCUT2D eigenvalue weighted by atomic mass is 10.1. The normalized spacial score (nSPS) is 14.2. The largest absolute Gasteiger partial charge is 0.478 e. The fourth-order valence-corrected chi connectivity index (χ4v) is 5.18. The predicted octanol–water partition coefficient (Wildman–Crippen LogP) is 4.13. The Bertz CT molecular complexity index is 1270. The lowest BCUT2D eigenvalue weighted by molar-refractivity contribution is 0.0698. The number of hydrogen-bond acceptors (Lipinski definition) is 5. The number of piperazine rings is 1. The third kappa shape index (κ3) is 4.80. The van der Waals surface area contributed by atoms with Crippen LogP contribution >= 0.6 is 0 Å². The first-order chi connectivity index (χ1) is 15.8. The van der Waals surface area contributed by atoms with Crippen LogP contribution in [0.15, 0.2) is 71.6 Å². The molecule has 2 N–H and O–H groups in total. The molecule has 7 nitrogen and oxygen atoms in total. The third-order valence-corrected chi connectivity index (χ3v) is 7.47. The first-order valence-corrected chi connectivity index (χ1v) is 12.3. The average Bonchev–Trinajstić information content (AvgIpc) is 2.81. The van der Waals surface area contributed by atoms with Crippen LogP contribution in [0.25, 0.3) is 0 Å². The number of anilines is 3. The number of benzene rings is 3. The van der Waals surface area contributed by atoms with Gasteiger partial charge in [-0.15, -0.1) is 0 Å². The maximum atomic E-state index is 12.7. The van der Waals surface area contributed by atoms with E-state index < -0.39 is 16.0 Å². The van der Waals surface area contributed by atoms with E-state index in [0.29, 0.717) is 0 Å². The first-order valence-electron chi connectivity index (χ1n) is 10.8. The van der Waals surface area contributed by atoms with Gasteiger partial charge in [-0.3, -0.25) is 4.72 Å². The number of carboxylic acid groups (broad SMARTS) is 1. The highest BCUT2D eigenvalue weighted by atomic mass is 32.2. The summed E-state index contributed by atoms with van der Waals surface area (Å²) in [4.78, 5) is 16.5. The van der Waals surface area contributed by atoms with Gasteiger partial charge >= 0.3 is 5.97 Å². The predicted molar refractivity (Wildman–Crippen MR) is 131 cm³/mol. The SMILES string of the molecule is Cc1cccc(N2CCN(c3ccc(NS(=O)(=O)c4ccccc4)c(C(=O)O)c3)CC2)c1C. The van der Waals surface area contributed by atoms with Gasteiger partial charge in [-0.05, 0) is 61.4 Å². The van der Waals surface area contributed by atoms with E-state index in [2.05, 4.69) is 46.6 Å². The van der Waals surface area contributed by atoms with Crippen LogP contribution in [-0.2, 0) is 10.0 Å². The molecule has 1 fully saturated rings. The molecule has 0 amide bonds. The lowest BCUT2D eigenvalue weighted by Crippen LogP contribution is -2.46. The Balaban J connectivity index is 1.53. The molecule has 0 unspecified atom stereocenters. The van der Waals surface area contributed by atoms with Crippen LogP contribution in [0.4, 0.5) is 17.1 Å². The number of nitrogens with zero attached hydrogens (tertiary/aromatic N) is 2. The molecule has 8 heteroatoms. The number of sulfonamides is 1. The van der Waals surface area contributed by atoms with Crippen molar-refractivity contribution in [3.05, 3.63) is 83.4 Å². The van der Waals surface area contributed by atoms with Crippen LogP contribution in [0.2, 0.25) is 0 Å². The molecule has 1 aliphatic rings. The van der Waals surface area contributed by atoms with Crippen molar-refractivity contribution in [1.29, 1.82) is 0 Å². The number of carboxylic acids is 1. The fourth-order valence-electron chi connectivity index (χ4n) is 4.08. The van der Waals surface area contributed by atoms with Gasteiger partial charge in [0.2, 0.25) is 0 Å². The average molecular weight is 466 g/mol. The van der Waals surface area contributed by atoms with Crippen molar-refractivity contribution in [2.24, 2.45) is 0 Å². The maximum absolute atomic E-state index is 12.7. The molecule has 0 spiro atoms. The van der Waals surface area contributed by atoms with Crippen LogP contribution in [0.5, 0.6) is 0 Å². The minimum atomic E-state index is -3.89. The van der Waals surface area contributed by atoms with Gasteiger partial charge in [-0.1, -0.05) is 30.3 Å². The molecule has 1 aliphatic heterocycles. The minimum Gasteiger partial charge on any atom is -0.478 e. The van der Waals surface area contributed by atoms with Gasteiger partial charge in [0.25, 0.3) is 10.0 Å². The molecule has 0 saturated carbocycles. The van der Waals surface area contributed by atoms with E-state index in [0.717, 1.165) is 31.9 Å². The van der Waals surface area contributed by atoms with Gasteiger partial charge in [0.05, 0.1) is 16.1 Å². The van der Waals surface area contributed by atoms with Crippen molar-refractivity contribution in [3.63, 3.8) is 0 Å². The lowest BCUT2D eigenvalue weighted by Gasteiger charge is -2.38. The molecule has 1 heterocycles. The second-order valence-corrected chi connectivity index (χ2v) is 9.83. The zero-order valence-electron chi connectivity index (χ0n) is 18.7. The molecule has 0 radical (unpaired) electrons. The highest BCUT2D eigenvalue weighted by Gasteiger charge is 2.23. The monoisotopic (exact) mass is 465 g/mol. The summed E-state index contributed by atoms with van der Waals surface area (Å²) in [5.74, 6) is -1.18. The summed E-state index contributed by atoms with van der Waals surface area (Å²) >= 11 is 0. The molecule has 3 aromatic carbocycles. The van der Waals surface area contributed by atoms with Crippen LogP contribution in [0.3, 0.4) is 0 Å². The van der Waals surface area contributed by atoms with Gasteiger partial charge in [-0.2, -0.15) is 0 Å². The van der Waals surface area contributed by atoms with Crippen LogP contribution in [-0.4, -0.2) is 45.7 Å². The van der Waals surface area contributed by atoms with Gasteiger partial charge in [-0.25, -0.2) is 13.2 Å². The van der Waals surface area contributed by atoms with Crippen molar-refractivity contribution in [1.82, 2.24) is 0 Å². The van der Waals surface area contributed by atoms with Crippen molar-refractivity contribution in [2.45, 2.75) is 18.7 Å². The quantitative estimate of drug-likeness (QED) is 0.569. The maximum Gasteiger partial charge on any atom is 0.337 e. The molecule has 3 aromatic rings. The molecule has 4 rings (SSSR count). The van der Waals surface area contributed by atoms with E-state index in [4.69, 9.17) is 0 Å². The van der Waals surface area contributed by atoms with Crippen molar-refractivity contribution >= 4 is 33.1 Å². The van der Waals surface area contributed by atoms with E-state index in [1.165, 1.54) is 35.0 Å². The molecule has 0 aromatic heterocycles. The Morgan fingerprint density at radius 1 is 0.879 bits per heavy atom. The van der Waals surface area contributed by atoms with Gasteiger partial charge in [0, 0.05) is 37.6 Å². The molecule has 1 saturated heterocycles. The highest BCUT2D eigenvalue weighted by Crippen LogP contribution is 2.29. The van der Waals surface area contributed by atoms with Gasteiger partial charge in [0.1, 0.15) is 0 Å². The van der Waals surface area contributed by atoms with E-state index in [1.807, 2.05) is 0 Å². The molecule has 0 atom stereocenters. The van der Waals surface area contributed by atoms with Crippen LogP contribution < -0.4 is 14.5 Å². The second kappa shape index (κ2) is 9.15. The smallest absolute Gasteiger partial charge is 0.337 e. The number of nitrogens with one attached hydrogen (secondary N) is 1. The second-order valence-electron chi connectivity index (χ2n) is 8.15. The van der Waals surface area contributed by atoms with Crippen LogP contribution in [0.1, 0.15) is 21.5 Å². The van der Waals surface area contributed by atoms with Gasteiger partial charge in [0.15, 0.2) is 0 Å². The summed E-state index contributed by atoms with van der Waals surface area (Å²) in [6.45, 7) is 7.34. The highest BCUT2D eigenvalue weighted by molar-refractivity contribution is 7.92. The van der Waals surface area contributed by atoms with Crippen LogP contribution in [0, 0.1) is 13.8 Å². The topological polar surface area (TPSA) is 90.0 Å². The number of hydrogen-bond donors (Lipinski definition) is 2. The molecule has 0 bridgehead atoms.